The van der Waals surface area contributed by atoms with Crippen LogP contribution in [0.15, 0.2) is 79.4 Å². The molecule has 0 saturated heterocycles. The van der Waals surface area contributed by atoms with Gasteiger partial charge in [0.25, 0.3) is 0 Å². The van der Waals surface area contributed by atoms with Crippen LogP contribution in [0.25, 0.3) is 27.8 Å². The second kappa shape index (κ2) is 4.87. The van der Waals surface area contributed by atoms with Crippen LogP contribution < -0.4 is 0 Å². The van der Waals surface area contributed by atoms with Crippen molar-refractivity contribution in [1.29, 1.82) is 0 Å². The molecule has 0 aliphatic rings. The van der Waals surface area contributed by atoms with E-state index in [-0.39, 0.29) is 0 Å². The Morgan fingerprint density at radius 1 is 0.762 bits per heavy atom. The van der Waals surface area contributed by atoms with Gasteiger partial charge < -0.3 is 0 Å². The van der Waals surface area contributed by atoms with E-state index < -0.39 is 0 Å². The summed E-state index contributed by atoms with van der Waals surface area (Å²) in [6.45, 7) is 0. The first kappa shape index (κ1) is 11.9. The SMILES string of the molecule is c1ccc(-c2ccc(-n3ccc4ccncc43)nc2)cc1. The van der Waals surface area contributed by atoms with Crippen molar-refractivity contribution in [2.75, 3.05) is 0 Å². The van der Waals surface area contributed by atoms with Gasteiger partial charge in [-0.1, -0.05) is 30.3 Å². The van der Waals surface area contributed by atoms with Crippen LogP contribution in [0.4, 0.5) is 0 Å². The van der Waals surface area contributed by atoms with E-state index in [0.29, 0.717) is 0 Å². The Labute approximate surface area is 122 Å². The topological polar surface area (TPSA) is 30.7 Å². The standard InChI is InChI=1S/C18H13N3/c1-2-4-14(5-3-1)16-6-7-18(20-12-16)21-11-9-15-8-10-19-13-17(15)21/h1-13H. The summed E-state index contributed by atoms with van der Waals surface area (Å²) in [4.78, 5) is 8.77. The molecule has 3 heteroatoms. The molecule has 0 amide bonds. The Bertz CT molecular complexity index is 877. The van der Waals surface area contributed by atoms with Crippen molar-refractivity contribution in [2.24, 2.45) is 0 Å². The third-order valence-electron chi connectivity index (χ3n) is 3.60. The summed E-state index contributed by atoms with van der Waals surface area (Å²) in [7, 11) is 0. The van der Waals surface area contributed by atoms with E-state index in [1.807, 2.05) is 48.9 Å². The highest BCUT2D eigenvalue weighted by atomic mass is 15.1. The zero-order chi connectivity index (χ0) is 14.1. The number of pyridine rings is 2. The first-order chi connectivity index (χ1) is 10.4. The lowest BCUT2D eigenvalue weighted by Gasteiger charge is -2.06. The van der Waals surface area contributed by atoms with E-state index in [1.165, 1.54) is 10.9 Å². The maximum Gasteiger partial charge on any atom is 0.137 e. The molecule has 0 fully saturated rings. The van der Waals surface area contributed by atoms with E-state index in [2.05, 4.69) is 38.8 Å². The number of nitrogens with zero attached hydrogens (tertiary/aromatic N) is 3. The average molecular weight is 271 g/mol. The molecule has 100 valence electrons. The van der Waals surface area contributed by atoms with Gasteiger partial charge in [0.05, 0.1) is 11.7 Å². The Kier molecular flexibility index (Phi) is 2.75. The second-order valence-corrected chi connectivity index (χ2v) is 4.89. The molecule has 0 saturated carbocycles. The zero-order valence-corrected chi connectivity index (χ0v) is 11.3. The van der Waals surface area contributed by atoms with E-state index >= 15 is 0 Å². The molecular formula is C18H13N3. The van der Waals surface area contributed by atoms with Crippen LogP contribution in [-0.2, 0) is 0 Å². The molecule has 3 aromatic heterocycles. The fraction of sp³-hybridized carbons (Fsp3) is 0. The van der Waals surface area contributed by atoms with Crippen LogP contribution in [0.2, 0.25) is 0 Å². The first-order valence-corrected chi connectivity index (χ1v) is 6.85. The summed E-state index contributed by atoms with van der Waals surface area (Å²) < 4.78 is 2.05. The highest BCUT2D eigenvalue weighted by molar-refractivity contribution is 5.80. The largest absolute Gasteiger partial charge is 0.300 e. The minimum Gasteiger partial charge on any atom is -0.300 e. The Morgan fingerprint density at radius 3 is 2.48 bits per heavy atom. The predicted octanol–water partition coefficient (Wildman–Crippen LogP) is 4.09. The minimum absolute atomic E-state index is 0.901. The van der Waals surface area contributed by atoms with Crippen molar-refractivity contribution < 1.29 is 0 Å². The van der Waals surface area contributed by atoms with Crippen molar-refractivity contribution >= 4 is 10.9 Å². The second-order valence-electron chi connectivity index (χ2n) is 4.89. The summed E-state index contributed by atoms with van der Waals surface area (Å²) >= 11 is 0. The molecule has 0 spiro atoms. The molecule has 0 N–H and O–H groups in total. The normalized spacial score (nSPS) is 10.9. The molecule has 0 unspecified atom stereocenters. The van der Waals surface area contributed by atoms with Gasteiger partial charge in [-0.2, -0.15) is 0 Å². The van der Waals surface area contributed by atoms with E-state index in [1.54, 1.807) is 6.20 Å². The first-order valence-electron chi connectivity index (χ1n) is 6.85. The van der Waals surface area contributed by atoms with Crippen molar-refractivity contribution in [1.82, 2.24) is 14.5 Å². The van der Waals surface area contributed by atoms with Gasteiger partial charge >= 0.3 is 0 Å². The molecule has 0 radical (unpaired) electrons. The fourth-order valence-electron chi connectivity index (χ4n) is 2.50. The van der Waals surface area contributed by atoms with Gasteiger partial charge in [0, 0.05) is 29.5 Å². The quantitative estimate of drug-likeness (QED) is 0.550. The van der Waals surface area contributed by atoms with Gasteiger partial charge in [0.1, 0.15) is 5.82 Å². The average Bonchev–Trinajstić information content (AvgIpc) is 3.00. The third-order valence-corrected chi connectivity index (χ3v) is 3.60. The molecule has 0 bridgehead atoms. The maximum atomic E-state index is 4.58. The number of benzene rings is 1. The molecule has 1 aromatic carbocycles. The Balaban J connectivity index is 1.77. The number of hydrogen-bond donors (Lipinski definition) is 0. The van der Waals surface area contributed by atoms with Crippen LogP contribution in [0.1, 0.15) is 0 Å². The van der Waals surface area contributed by atoms with Crippen LogP contribution in [0.3, 0.4) is 0 Å². The van der Waals surface area contributed by atoms with Gasteiger partial charge in [-0.05, 0) is 29.8 Å². The molecular weight excluding hydrogens is 258 g/mol. The molecule has 3 heterocycles. The van der Waals surface area contributed by atoms with Crippen LogP contribution in [0.5, 0.6) is 0 Å². The lowest BCUT2D eigenvalue weighted by Crippen LogP contribution is -1.95. The predicted molar refractivity (Wildman–Crippen MR) is 84.3 cm³/mol. The highest BCUT2D eigenvalue weighted by Crippen LogP contribution is 2.21. The van der Waals surface area contributed by atoms with Crippen LogP contribution in [-0.4, -0.2) is 14.5 Å². The van der Waals surface area contributed by atoms with Crippen molar-refractivity contribution in [3.8, 4) is 16.9 Å². The minimum atomic E-state index is 0.901. The highest BCUT2D eigenvalue weighted by Gasteiger charge is 2.04. The lowest BCUT2D eigenvalue weighted by atomic mass is 10.1. The number of fused-ring (bicyclic) bond motifs is 1. The summed E-state index contributed by atoms with van der Waals surface area (Å²) in [5, 5.41) is 1.17. The van der Waals surface area contributed by atoms with E-state index in [0.717, 1.165) is 16.9 Å². The summed E-state index contributed by atoms with van der Waals surface area (Å²) in [5.41, 5.74) is 3.36. The van der Waals surface area contributed by atoms with Gasteiger partial charge in [-0.15, -0.1) is 0 Å². The van der Waals surface area contributed by atoms with E-state index in [4.69, 9.17) is 0 Å². The van der Waals surface area contributed by atoms with Crippen molar-refractivity contribution in [2.45, 2.75) is 0 Å². The van der Waals surface area contributed by atoms with Crippen molar-refractivity contribution in [3.05, 3.63) is 79.4 Å². The van der Waals surface area contributed by atoms with Gasteiger partial charge in [0.2, 0.25) is 0 Å². The van der Waals surface area contributed by atoms with Crippen LogP contribution in [0, 0.1) is 0 Å². The summed E-state index contributed by atoms with van der Waals surface area (Å²) in [6.07, 6.45) is 7.60. The molecule has 0 aliphatic heterocycles. The molecule has 0 atom stereocenters. The Hall–Kier alpha value is -2.94. The smallest absolute Gasteiger partial charge is 0.137 e. The van der Waals surface area contributed by atoms with Gasteiger partial charge in [0.15, 0.2) is 0 Å². The van der Waals surface area contributed by atoms with Crippen LogP contribution >= 0.6 is 0 Å². The van der Waals surface area contributed by atoms with E-state index in [9.17, 15) is 0 Å². The number of hydrogen-bond acceptors (Lipinski definition) is 2. The van der Waals surface area contributed by atoms with Gasteiger partial charge in [-0.3, -0.25) is 9.55 Å². The van der Waals surface area contributed by atoms with Gasteiger partial charge in [-0.25, -0.2) is 4.98 Å². The molecule has 21 heavy (non-hydrogen) atoms. The third kappa shape index (κ3) is 2.09. The summed E-state index contributed by atoms with van der Waals surface area (Å²) in [5.74, 6) is 0.901. The maximum absolute atomic E-state index is 4.58. The lowest BCUT2D eigenvalue weighted by molar-refractivity contribution is 1.04. The Morgan fingerprint density at radius 2 is 1.67 bits per heavy atom. The molecule has 4 rings (SSSR count). The monoisotopic (exact) mass is 271 g/mol. The van der Waals surface area contributed by atoms with Crippen molar-refractivity contribution in [3.63, 3.8) is 0 Å². The molecule has 3 nitrogen and oxygen atoms in total. The molecule has 0 aliphatic carbocycles. The molecule has 4 aromatic rings. The summed E-state index contributed by atoms with van der Waals surface area (Å²) in [6, 6.07) is 18.5. The number of aromatic nitrogens is 3. The fourth-order valence-corrected chi connectivity index (χ4v) is 2.50. The number of rotatable bonds is 2. The zero-order valence-electron chi connectivity index (χ0n) is 11.3.